The Bertz CT molecular complexity index is 232. The molecule has 0 aromatic carbocycles. The number of carbonyl (C=O) groups excluding carboxylic acids is 1. The Morgan fingerprint density at radius 2 is 1.67 bits per heavy atom. The highest BCUT2D eigenvalue weighted by Gasteiger charge is 2.63. The largest absolute Gasteiger partial charge is 0.355 e. The molecule has 0 radical (unpaired) electrons. The van der Waals surface area contributed by atoms with Crippen molar-refractivity contribution in [2.45, 2.75) is 34.6 Å². The molecule has 1 aliphatic carbocycles. The molecule has 1 amide bonds. The van der Waals surface area contributed by atoms with Gasteiger partial charge >= 0.3 is 0 Å². The lowest BCUT2D eigenvalue weighted by molar-refractivity contribution is -0.118. The van der Waals surface area contributed by atoms with E-state index in [1.54, 1.807) is 6.92 Å². The van der Waals surface area contributed by atoms with E-state index in [4.69, 9.17) is 0 Å². The summed E-state index contributed by atoms with van der Waals surface area (Å²) in [5.74, 6) is 0.797. The van der Waals surface area contributed by atoms with Crippen LogP contribution in [0.5, 0.6) is 0 Å². The molecule has 1 fully saturated rings. The topological polar surface area (TPSA) is 41.1 Å². The second-order valence-electron chi connectivity index (χ2n) is 5.68. The molecule has 0 atom stereocenters. The van der Waals surface area contributed by atoms with E-state index in [9.17, 15) is 4.79 Å². The zero-order valence-corrected chi connectivity index (χ0v) is 10.6. The molecular weight excluding hydrogens is 188 g/mol. The van der Waals surface area contributed by atoms with Crippen LogP contribution in [0.25, 0.3) is 0 Å². The van der Waals surface area contributed by atoms with Crippen molar-refractivity contribution in [3.05, 3.63) is 0 Å². The van der Waals surface area contributed by atoms with Gasteiger partial charge in [-0.15, -0.1) is 0 Å². The highest BCUT2D eigenvalue weighted by Crippen LogP contribution is 2.67. The Kier molecular flexibility index (Phi) is 3.44. The van der Waals surface area contributed by atoms with Crippen molar-refractivity contribution in [2.75, 3.05) is 19.6 Å². The Balaban J connectivity index is 2.11. The molecule has 0 aliphatic heterocycles. The summed E-state index contributed by atoms with van der Waals surface area (Å²) < 4.78 is 0. The van der Waals surface area contributed by atoms with Gasteiger partial charge in [0.1, 0.15) is 0 Å². The standard InChI is InChI=1S/C12H24N2O/c1-9(15)14-7-6-13-8-10-11(2,3)12(10,4)5/h10,13H,6-8H2,1-5H3,(H,14,15). The molecule has 1 saturated carbocycles. The van der Waals surface area contributed by atoms with Crippen LogP contribution in [0.2, 0.25) is 0 Å². The molecular formula is C12H24N2O. The molecule has 3 heteroatoms. The summed E-state index contributed by atoms with van der Waals surface area (Å²) in [5.41, 5.74) is 0.905. The van der Waals surface area contributed by atoms with E-state index in [0.29, 0.717) is 10.8 Å². The number of nitrogens with one attached hydrogen (secondary N) is 2. The fourth-order valence-electron chi connectivity index (χ4n) is 2.42. The van der Waals surface area contributed by atoms with E-state index in [1.807, 2.05) is 0 Å². The molecule has 2 N–H and O–H groups in total. The summed E-state index contributed by atoms with van der Waals surface area (Å²) in [6.07, 6.45) is 0. The first-order chi connectivity index (χ1) is 6.80. The molecule has 0 bridgehead atoms. The highest BCUT2D eigenvalue weighted by molar-refractivity contribution is 5.72. The number of rotatable bonds is 5. The first kappa shape index (κ1) is 12.5. The predicted molar refractivity (Wildman–Crippen MR) is 62.6 cm³/mol. The summed E-state index contributed by atoms with van der Waals surface area (Å²) in [7, 11) is 0. The van der Waals surface area contributed by atoms with Crippen LogP contribution in [0.4, 0.5) is 0 Å². The molecule has 1 aliphatic rings. The third-order valence-electron chi connectivity index (χ3n) is 4.34. The lowest BCUT2D eigenvalue weighted by Gasteiger charge is -2.06. The van der Waals surface area contributed by atoms with Crippen molar-refractivity contribution in [3.8, 4) is 0 Å². The average Bonchev–Trinajstić information content (AvgIpc) is 2.45. The van der Waals surface area contributed by atoms with E-state index >= 15 is 0 Å². The fourth-order valence-corrected chi connectivity index (χ4v) is 2.42. The van der Waals surface area contributed by atoms with Crippen LogP contribution in [0, 0.1) is 16.7 Å². The van der Waals surface area contributed by atoms with Crippen molar-refractivity contribution in [1.29, 1.82) is 0 Å². The normalized spacial score (nSPS) is 22.5. The summed E-state index contributed by atoms with van der Waals surface area (Å²) >= 11 is 0. The van der Waals surface area contributed by atoms with Crippen LogP contribution in [0.15, 0.2) is 0 Å². The van der Waals surface area contributed by atoms with E-state index < -0.39 is 0 Å². The Morgan fingerprint density at radius 3 is 2.07 bits per heavy atom. The third kappa shape index (κ3) is 2.51. The third-order valence-corrected chi connectivity index (χ3v) is 4.34. The van der Waals surface area contributed by atoms with Crippen molar-refractivity contribution < 1.29 is 4.79 Å². The maximum Gasteiger partial charge on any atom is 0.216 e. The van der Waals surface area contributed by atoms with Crippen LogP contribution in [0.3, 0.4) is 0 Å². The number of hydrogen-bond donors (Lipinski definition) is 2. The molecule has 0 spiro atoms. The molecule has 1 rings (SSSR count). The minimum Gasteiger partial charge on any atom is -0.355 e. The first-order valence-electron chi connectivity index (χ1n) is 5.75. The second kappa shape index (κ2) is 4.12. The average molecular weight is 212 g/mol. The monoisotopic (exact) mass is 212 g/mol. The van der Waals surface area contributed by atoms with Crippen molar-refractivity contribution in [3.63, 3.8) is 0 Å². The maximum atomic E-state index is 10.6. The van der Waals surface area contributed by atoms with Gasteiger partial charge in [-0.25, -0.2) is 0 Å². The van der Waals surface area contributed by atoms with Gasteiger partial charge in [0.2, 0.25) is 5.91 Å². The molecule has 0 aromatic heterocycles. The van der Waals surface area contributed by atoms with E-state index in [-0.39, 0.29) is 5.91 Å². The quantitative estimate of drug-likeness (QED) is 0.676. The predicted octanol–water partition coefficient (Wildman–Crippen LogP) is 1.39. The summed E-state index contributed by atoms with van der Waals surface area (Å²) in [6.45, 7) is 13.5. The molecule has 15 heavy (non-hydrogen) atoms. The van der Waals surface area contributed by atoms with Gasteiger partial charge < -0.3 is 10.6 Å². The number of amides is 1. The lowest BCUT2D eigenvalue weighted by Crippen LogP contribution is -2.31. The smallest absolute Gasteiger partial charge is 0.216 e. The second-order valence-corrected chi connectivity index (χ2v) is 5.68. The minimum atomic E-state index is 0.0453. The van der Waals surface area contributed by atoms with Crippen LogP contribution in [-0.4, -0.2) is 25.5 Å². The highest BCUT2D eigenvalue weighted by atomic mass is 16.1. The molecule has 88 valence electrons. The Morgan fingerprint density at radius 1 is 1.13 bits per heavy atom. The van der Waals surface area contributed by atoms with Crippen LogP contribution >= 0.6 is 0 Å². The van der Waals surface area contributed by atoms with Gasteiger partial charge in [0.15, 0.2) is 0 Å². The van der Waals surface area contributed by atoms with E-state index in [2.05, 4.69) is 38.3 Å². The fraction of sp³-hybridized carbons (Fsp3) is 0.917. The summed E-state index contributed by atoms with van der Waals surface area (Å²) in [5, 5.41) is 6.18. The van der Waals surface area contributed by atoms with Gasteiger partial charge in [-0.05, 0) is 23.3 Å². The summed E-state index contributed by atoms with van der Waals surface area (Å²) in [4.78, 5) is 10.6. The minimum absolute atomic E-state index is 0.0453. The van der Waals surface area contributed by atoms with Gasteiger partial charge in [-0.1, -0.05) is 27.7 Å². The molecule has 0 heterocycles. The van der Waals surface area contributed by atoms with Gasteiger partial charge in [0.25, 0.3) is 0 Å². The van der Waals surface area contributed by atoms with Gasteiger partial charge in [-0.2, -0.15) is 0 Å². The SMILES string of the molecule is CC(=O)NCCNCC1C(C)(C)C1(C)C. The molecule has 3 nitrogen and oxygen atoms in total. The summed E-state index contributed by atoms with van der Waals surface area (Å²) in [6, 6.07) is 0. The zero-order chi connectivity index (χ0) is 11.7. The Labute approximate surface area is 93.0 Å². The van der Waals surface area contributed by atoms with Gasteiger partial charge in [-0.3, -0.25) is 4.79 Å². The van der Waals surface area contributed by atoms with Crippen molar-refractivity contribution >= 4 is 5.91 Å². The number of hydrogen-bond acceptors (Lipinski definition) is 2. The van der Waals surface area contributed by atoms with Crippen molar-refractivity contribution in [2.24, 2.45) is 16.7 Å². The van der Waals surface area contributed by atoms with Crippen LogP contribution < -0.4 is 10.6 Å². The number of carbonyl (C=O) groups is 1. The van der Waals surface area contributed by atoms with Crippen LogP contribution in [-0.2, 0) is 4.79 Å². The lowest BCUT2D eigenvalue weighted by atomic mass is 10.0. The van der Waals surface area contributed by atoms with E-state index in [1.165, 1.54) is 0 Å². The Hall–Kier alpha value is -0.570. The molecule has 0 aromatic rings. The zero-order valence-electron chi connectivity index (χ0n) is 10.6. The molecule has 0 saturated heterocycles. The van der Waals surface area contributed by atoms with E-state index in [0.717, 1.165) is 25.6 Å². The maximum absolute atomic E-state index is 10.6. The first-order valence-corrected chi connectivity index (χ1v) is 5.75. The van der Waals surface area contributed by atoms with Crippen molar-refractivity contribution in [1.82, 2.24) is 10.6 Å². The van der Waals surface area contributed by atoms with Gasteiger partial charge in [0.05, 0.1) is 0 Å². The molecule has 0 unspecified atom stereocenters. The van der Waals surface area contributed by atoms with Crippen LogP contribution in [0.1, 0.15) is 34.6 Å². The van der Waals surface area contributed by atoms with Gasteiger partial charge in [0, 0.05) is 20.0 Å².